The van der Waals surface area contributed by atoms with Gasteiger partial charge in [-0.25, -0.2) is 0 Å². The Morgan fingerprint density at radius 2 is 2.27 bits per heavy atom. The average molecular weight is 159 g/mol. The number of morpholine rings is 1. The summed E-state index contributed by atoms with van der Waals surface area (Å²) in [6.07, 6.45) is 0.236. The van der Waals surface area contributed by atoms with Crippen LogP contribution in [0.4, 0.5) is 0 Å². The lowest BCUT2D eigenvalue weighted by atomic mass is 10.4. The molecular weight excluding hydrogens is 142 g/mol. The molecule has 0 aromatic heterocycles. The number of hydrogen-bond acceptors (Lipinski definition) is 3. The van der Waals surface area contributed by atoms with Crippen molar-refractivity contribution in [2.24, 2.45) is 0 Å². The molecule has 11 heavy (non-hydrogen) atoms. The van der Waals surface area contributed by atoms with Crippen molar-refractivity contribution in [2.75, 3.05) is 26.7 Å². The van der Waals surface area contributed by atoms with E-state index in [1.165, 1.54) is 0 Å². The van der Waals surface area contributed by atoms with Crippen LogP contribution in [0.3, 0.4) is 0 Å². The number of likely N-dealkylation sites (N-methyl/N-ethyl adjacent to an activating group) is 1. The highest BCUT2D eigenvalue weighted by Crippen LogP contribution is 2.06. The Kier molecular flexibility index (Phi) is 3.30. The number of hydrogen-bond donors (Lipinski definition) is 0. The first kappa shape index (κ1) is 8.97. The third-order valence-corrected chi connectivity index (χ3v) is 1.66. The van der Waals surface area contributed by atoms with E-state index in [0.717, 1.165) is 19.7 Å². The number of rotatable bonds is 2. The van der Waals surface area contributed by atoms with Gasteiger partial charge in [0.15, 0.2) is 6.29 Å². The van der Waals surface area contributed by atoms with Gasteiger partial charge in [-0.1, -0.05) is 0 Å². The fourth-order valence-electron chi connectivity index (χ4n) is 1.12. The molecule has 0 N–H and O–H groups in total. The van der Waals surface area contributed by atoms with Gasteiger partial charge in [0.25, 0.3) is 0 Å². The normalized spacial score (nSPS) is 27.8. The Balaban J connectivity index is 2.23. The molecule has 1 aliphatic rings. The molecule has 0 spiro atoms. The molecule has 1 atom stereocenters. The zero-order valence-electron chi connectivity index (χ0n) is 7.54. The number of nitrogens with zero attached hydrogens (tertiary/aromatic N) is 1. The van der Waals surface area contributed by atoms with Gasteiger partial charge in [-0.05, 0) is 20.9 Å². The van der Waals surface area contributed by atoms with E-state index in [-0.39, 0.29) is 12.4 Å². The van der Waals surface area contributed by atoms with E-state index < -0.39 is 0 Å². The second kappa shape index (κ2) is 4.04. The van der Waals surface area contributed by atoms with Crippen LogP contribution in [0.25, 0.3) is 0 Å². The lowest BCUT2D eigenvalue weighted by Gasteiger charge is -2.30. The van der Waals surface area contributed by atoms with Gasteiger partial charge < -0.3 is 9.47 Å². The summed E-state index contributed by atoms with van der Waals surface area (Å²) in [6.45, 7) is 6.74. The molecule has 66 valence electrons. The second-order valence-electron chi connectivity index (χ2n) is 3.25. The topological polar surface area (TPSA) is 21.7 Å². The second-order valence-corrected chi connectivity index (χ2v) is 3.25. The predicted octanol–water partition coefficient (Wildman–Crippen LogP) is 0.700. The van der Waals surface area contributed by atoms with Crippen molar-refractivity contribution in [2.45, 2.75) is 26.2 Å². The SMILES string of the molecule is CC(C)OC1CN(C)CCO1. The molecule has 1 unspecified atom stereocenters. The van der Waals surface area contributed by atoms with Gasteiger partial charge in [0, 0.05) is 13.1 Å². The van der Waals surface area contributed by atoms with Crippen LogP contribution in [0.1, 0.15) is 13.8 Å². The van der Waals surface area contributed by atoms with Gasteiger partial charge in [-0.2, -0.15) is 0 Å². The first-order valence-electron chi connectivity index (χ1n) is 4.14. The van der Waals surface area contributed by atoms with E-state index in [2.05, 4.69) is 11.9 Å². The van der Waals surface area contributed by atoms with E-state index in [1.54, 1.807) is 0 Å². The minimum Gasteiger partial charge on any atom is -0.350 e. The Labute approximate surface area is 68.3 Å². The zero-order valence-corrected chi connectivity index (χ0v) is 7.54. The molecule has 0 aromatic carbocycles. The van der Waals surface area contributed by atoms with E-state index in [4.69, 9.17) is 9.47 Å². The van der Waals surface area contributed by atoms with Crippen molar-refractivity contribution in [3.63, 3.8) is 0 Å². The summed E-state index contributed by atoms with van der Waals surface area (Å²) in [6, 6.07) is 0. The van der Waals surface area contributed by atoms with E-state index in [0.29, 0.717) is 0 Å². The Bertz CT molecular complexity index is 115. The summed E-state index contributed by atoms with van der Waals surface area (Å²) >= 11 is 0. The summed E-state index contributed by atoms with van der Waals surface area (Å²) < 4.78 is 10.9. The van der Waals surface area contributed by atoms with Crippen molar-refractivity contribution < 1.29 is 9.47 Å². The van der Waals surface area contributed by atoms with Crippen molar-refractivity contribution in [3.05, 3.63) is 0 Å². The molecule has 1 saturated heterocycles. The van der Waals surface area contributed by atoms with E-state index in [9.17, 15) is 0 Å². The minimum absolute atomic E-state index is 0.0197. The third kappa shape index (κ3) is 3.18. The van der Waals surface area contributed by atoms with Gasteiger partial charge in [0.2, 0.25) is 0 Å². The summed E-state index contributed by atoms with van der Waals surface area (Å²) in [7, 11) is 2.08. The fourth-order valence-corrected chi connectivity index (χ4v) is 1.12. The molecule has 1 aliphatic heterocycles. The number of ether oxygens (including phenoxy) is 2. The van der Waals surface area contributed by atoms with Crippen molar-refractivity contribution >= 4 is 0 Å². The maximum Gasteiger partial charge on any atom is 0.170 e. The van der Waals surface area contributed by atoms with Crippen LogP contribution in [0.15, 0.2) is 0 Å². The molecule has 1 heterocycles. The first-order chi connectivity index (χ1) is 5.18. The molecule has 1 rings (SSSR count). The van der Waals surface area contributed by atoms with Crippen molar-refractivity contribution in [3.8, 4) is 0 Å². The first-order valence-corrected chi connectivity index (χ1v) is 4.14. The summed E-state index contributed by atoms with van der Waals surface area (Å²) in [5.41, 5.74) is 0. The quantitative estimate of drug-likeness (QED) is 0.592. The lowest BCUT2D eigenvalue weighted by molar-refractivity contribution is -0.192. The molecule has 3 nitrogen and oxygen atoms in total. The molecule has 1 fully saturated rings. The lowest BCUT2D eigenvalue weighted by Crippen LogP contribution is -2.42. The third-order valence-electron chi connectivity index (χ3n) is 1.66. The molecule has 3 heteroatoms. The molecular formula is C8H17NO2. The molecule has 0 aliphatic carbocycles. The van der Waals surface area contributed by atoms with Crippen LogP contribution >= 0.6 is 0 Å². The van der Waals surface area contributed by atoms with E-state index in [1.807, 2.05) is 13.8 Å². The monoisotopic (exact) mass is 159 g/mol. The zero-order chi connectivity index (χ0) is 8.27. The predicted molar refractivity (Wildman–Crippen MR) is 43.5 cm³/mol. The van der Waals surface area contributed by atoms with Crippen LogP contribution in [0.2, 0.25) is 0 Å². The highest BCUT2D eigenvalue weighted by Gasteiger charge is 2.18. The Hall–Kier alpha value is -0.120. The standard InChI is InChI=1S/C8H17NO2/c1-7(2)11-8-6-9(3)4-5-10-8/h7-8H,4-6H2,1-3H3. The van der Waals surface area contributed by atoms with E-state index >= 15 is 0 Å². The van der Waals surface area contributed by atoms with Crippen molar-refractivity contribution in [1.82, 2.24) is 4.90 Å². The molecule has 0 saturated carbocycles. The Morgan fingerprint density at radius 1 is 1.55 bits per heavy atom. The van der Waals surface area contributed by atoms with Crippen LogP contribution < -0.4 is 0 Å². The average Bonchev–Trinajstić information content (AvgIpc) is 1.85. The van der Waals surface area contributed by atoms with Crippen LogP contribution in [0.5, 0.6) is 0 Å². The van der Waals surface area contributed by atoms with Crippen LogP contribution in [-0.4, -0.2) is 44.0 Å². The molecule has 0 amide bonds. The molecule has 0 aromatic rings. The maximum atomic E-state index is 5.50. The fraction of sp³-hybridized carbons (Fsp3) is 1.00. The molecule has 0 bridgehead atoms. The van der Waals surface area contributed by atoms with Gasteiger partial charge in [0.1, 0.15) is 0 Å². The van der Waals surface area contributed by atoms with Gasteiger partial charge >= 0.3 is 0 Å². The highest BCUT2D eigenvalue weighted by molar-refractivity contribution is 4.61. The smallest absolute Gasteiger partial charge is 0.170 e. The van der Waals surface area contributed by atoms with Gasteiger partial charge in [-0.15, -0.1) is 0 Å². The summed E-state index contributed by atoms with van der Waals surface area (Å²) in [4.78, 5) is 2.22. The van der Waals surface area contributed by atoms with Crippen LogP contribution in [-0.2, 0) is 9.47 Å². The largest absolute Gasteiger partial charge is 0.350 e. The summed E-state index contributed by atoms with van der Waals surface area (Å²) in [5.74, 6) is 0. The minimum atomic E-state index is -0.0197. The van der Waals surface area contributed by atoms with Crippen LogP contribution in [0, 0.1) is 0 Å². The van der Waals surface area contributed by atoms with Gasteiger partial charge in [-0.3, -0.25) is 4.90 Å². The van der Waals surface area contributed by atoms with Crippen molar-refractivity contribution in [1.29, 1.82) is 0 Å². The van der Waals surface area contributed by atoms with Gasteiger partial charge in [0.05, 0.1) is 12.7 Å². The maximum absolute atomic E-state index is 5.50. The molecule has 0 radical (unpaired) electrons. The Morgan fingerprint density at radius 3 is 2.82 bits per heavy atom. The summed E-state index contributed by atoms with van der Waals surface area (Å²) in [5, 5.41) is 0. The highest BCUT2D eigenvalue weighted by atomic mass is 16.7.